The maximum atomic E-state index is 12.2. The predicted molar refractivity (Wildman–Crippen MR) is 71.8 cm³/mol. The average Bonchev–Trinajstić information content (AvgIpc) is 2.85. The molecule has 1 unspecified atom stereocenters. The highest BCUT2D eigenvalue weighted by molar-refractivity contribution is 6.06. The maximum absolute atomic E-state index is 12.2. The molecular formula is C14H15N3O2. The van der Waals surface area contributed by atoms with Crippen LogP contribution in [0.5, 0.6) is 0 Å². The van der Waals surface area contributed by atoms with E-state index in [1.54, 1.807) is 6.20 Å². The molecule has 1 fully saturated rings. The molecule has 3 rings (SSSR count). The number of hydrogen-bond acceptors (Lipinski definition) is 2. The van der Waals surface area contributed by atoms with Gasteiger partial charge in [0.05, 0.1) is 5.56 Å². The Hall–Kier alpha value is -2.30. The smallest absolute Gasteiger partial charge is 0.253 e. The first kappa shape index (κ1) is 11.8. The molecule has 0 radical (unpaired) electrons. The Morgan fingerprint density at radius 1 is 1.32 bits per heavy atom. The van der Waals surface area contributed by atoms with E-state index in [4.69, 9.17) is 0 Å². The number of piperidine rings is 1. The van der Waals surface area contributed by atoms with E-state index in [1.807, 2.05) is 24.3 Å². The van der Waals surface area contributed by atoms with Crippen LogP contribution in [0, 0.1) is 0 Å². The van der Waals surface area contributed by atoms with Gasteiger partial charge in [-0.1, -0.05) is 18.2 Å². The van der Waals surface area contributed by atoms with E-state index in [0.29, 0.717) is 24.9 Å². The van der Waals surface area contributed by atoms with Crippen LogP contribution in [-0.2, 0) is 4.79 Å². The molecule has 1 atom stereocenters. The van der Waals surface area contributed by atoms with E-state index in [9.17, 15) is 9.59 Å². The minimum atomic E-state index is -0.0985. The number of fused-ring (bicyclic) bond motifs is 1. The molecule has 2 aromatic rings. The van der Waals surface area contributed by atoms with Crippen LogP contribution in [0.25, 0.3) is 10.9 Å². The molecule has 2 amide bonds. The lowest BCUT2D eigenvalue weighted by atomic mass is 10.1. The fourth-order valence-electron chi connectivity index (χ4n) is 2.38. The molecule has 0 saturated carbocycles. The number of benzene rings is 1. The Labute approximate surface area is 110 Å². The van der Waals surface area contributed by atoms with Gasteiger partial charge in [0.2, 0.25) is 5.91 Å². The van der Waals surface area contributed by atoms with E-state index in [2.05, 4.69) is 15.6 Å². The molecule has 1 aromatic carbocycles. The van der Waals surface area contributed by atoms with Crippen molar-refractivity contribution in [1.29, 1.82) is 0 Å². The summed E-state index contributed by atoms with van der Waals surface area (Å²) < 4.78 is 0. The third kappa shape index (κ3) is 2.31. The monoisotopic (exact) mass is 257 g/mol. The summed E-state index contributed by atoms with van der Waals surface area (Å²) in [6.45, 7) is 0.507. The zero-order valence-electron chi connectivity index (χ0n) is 10.4. The summed E-state index contributed by atoms with van der Waals surface area (Å²) in [5, 5.41) is 6.64. The first-order chi connectivity index (χ1) is 9.24. The van der Waals surface area contributed by atoms with Gasteiger partial charge in [-0.2, -0.15) is 0 Å². The minimum absolute atomic E-state index is 0.0128. The third-order valence-corrected chi connectivity index (χ3v) is 3.43. The second-order valence-corrected chi connectivity index (χ2v) is 4.76. The zero-order valence-corrected chi connectivity index (χ0v) is 10.4. The van der Waals surface area contributed by atoms with Gasteiger partial charge >= 0.3 is 0 Å². The number of amides is 2. The van der Waals surface area contributed by atoms with Crippen molar-refractivity contribution in [2.45, 2.75) is 18.9 Å². The average molecular weight is 257 g/mol. The first-order valence-corrected chi connectivity index (χ1v) is 6.38. The SMILES string of the molecule is O=C1CCC(NC(=O)c2c[nH]c3ccccc23)CN1. The van der Waals surface area contributed by atoms with Crippen LogP contribution in [0.1, 0.15) is 23.2 Å². The van der Waals surface area contributed by atoms with Gasteiger partial charge in [0.1, 0.15) is 0 Å². The van der Waals surface area contributed by atoms with E-state index in [1.165, 1.54) is 0 Å². The number of hydrogen-bond donors (Lipinski definition) is 3. The Kier molecular flexibility index (Phi) is 2.95. The minimum Gasteiger partial charge on any atom is -0.360 e. The lowest BCUT2D eigenvalue weighted by Gasteiger charge is -2.23. The number of para-hydroxylation sites is 1. The number of carbonyl (C=O) groups excluding carboxylic acids is 2. The largest absolute Gasteiger partial charge is 0.360 e. The number of aromatic nitrogens is 1. The van der Waals surface area contributed by atoms with Crippen molar-refractivity contribution in [3.63, 3.8) is 0 Å². The van der Waals surface area contributed by atoms with Crippen LogP contribution >= 0.6 is 0 Å². The van der Waals surface area contributed by atoms with Crippen molar-refractivity contribution in [3.05, 3.63) is 36.0 Å². The van der Waals surface area contributed by atoms with Crippen LogP contribution in [0.3, 0.4) is 0 Å². The van der Waals surface area contributed by atoms with Crippen molar-refractivity contribution in [2.75, 3.05) is 6.54 Å². The number of nitrogens with one attached hydrogen (secondary N) is 3. The molecule has 0 spiro atoms. The van der Waals surface area contributed by atoms with E-state index in [-0.39, 0.29) is 17.9 Å². The second kappa shape index (κ2) is 4.76. The van der Waals surface area contributed by atoms with E-state index in [0.717, 1.165) is 10.9 Å². The molecule has 0 bridgehead atoms. The second-order valence-electron chi connectivity index (χ2n) is 4.76. The van der Waals surface area contributed by atoms with Gasteiger partial charge in [0.25, 0.3) is 5.91 Å². The molecule has 1 aliphatic heterocycles. The first-order valence-electron chi connectivity index (χ1n) is 6.38. The maximum Gasteiger partial charge on any atom is 0.253 e. The fourth-order valence-corrected chi connectivity index (χ4v) is 2.38. The molecule has 3 N–H and O–H groups in total. The van der Waals surface area contributed by atoms with Crippen LogP contribution in [0.15, 0.2) is 30.5 Å². The molecule has 5 heteroatoms. The molecule has 0 aliphatic carbocycles. The normalized spacial score (nSPS) is 19.2. The van der Waals surface area contributed by atoms with Crippen molar-refractivity contribution in [1.82, 2.24) is 15.6 Å². The Bertz CT molecular complexity index is 622. The van der Waals surface area contributed by atoms with Gasteiger partial charge in [-0.3, -0.25) is 9.59 Å². The van der Waals surface area contributed by atoms with Gasteiger partial charge in [-0.25, -0.2) is 0 Å². The van der Waals surface area contributed by atoms with Gasteiger partial charge < -0.3 is 15.6 Å². The standard InChI is InChI=1S/C14H15N3O2/c18-13-6-5-9(7-16-13)17-14(19)11-8-15-12-4-2-1-3-10(11)12/h1-4,8-9,15H,5-7H2,(H,16,18)(H,17,19). The predicted octanol–water partition coefficient (Wildman–Crippen LogP) is 1.18. The van der Waals surface area contributed by atoms with Crippen molar-refractivity contribution >= 4 is 22.7 Å². The molecule has 1 aliphatic rings. The lowest BCUT2D eigenvalue weighted by Crippen LogP contribution is -2.47. The third-order valence-electron chi connectivity index (χ3n) is 3.43. The molecule has 5 nitrogen and oxygen atoms in total. The summed E-state index contributed by atoms with van der Waals surface area (Å²) >= 11 is 0. The van der Waals surface area contributed by atoms with Gasteiger partial charge in [-0.05, 0) is 12.5 Å². The lowest BCUT2D eigenvalue weighted by molar-refractivity contribution is -0.122. The molecule has 98 valence electrons. The molecular weight excluding hydrogens is 242 g/mol. The fraction of sp³-hybridized carbons (Fsp3) is 0.286. The van der Waals surface area contributed by atoms with Crippen LogP contribution in [-0.4, -0.2) is 29.4 Å². The summed E-state index contributed by atoms with van der Waals surface area (Å²) in [5.74, 6) is -0.0452. The zero-order chi connectivity index (χ0) is 13.2. The molecule has 2 heterocycles. The summed E-state index contributed by atoms with van der Waals surface area (Å²) in [7, 11) is 0. The highest BCUT2D eigenvalue weighted by Gasteiger charge is 2.21. The summed E-state index contributed by atoms with van der Waals surface area (Å²) in [5.41, 5.74) is 1.59. The number of aromatic amines is 1. The summed E-state index contributed by atoms with van der Waals surface area (Å²) in [6, 6.07) is 7.71. The molecule has 1 saturated heterocycles. The van der Waals surface area contributed by atoms with E-state index >= 15 is 0 Å². The van der Waals surface area contributed by atoms with Crippen LogP contribution < -0.4 is 10.6 Å². The number of H-pyrrole nitrogens is 1. The van der Waals surface area contributed by atoms with Gasteiger partial charge in [0.15, 0.2) is 0 Å². The van der Waals surface area contributed by atoms with Crippen LogP contribution in [0.2, 0.25) is 0 Å². The van der Waals surface area contributed by atoms with Crippen molar-refractivity contribution in [3.8, 4) is 0 Å². The van der Waals surface area contributed by atoms with Crippen LogP contribution in [0.4, 0.5) is 0 Å². The topological polar surface area (TPSA) is 74.0 Å². The quantitative estimate of drug-likeness (QED) is 0.755. The Balaban J connectivity index is 1.75. The highest BCUT2D eigenvalue weighted by atomic mass is 16.2. The summed E-state index contributed by atoms with van der Waals surface area (Å²) in [4.78, 5) is 26.4. The summed E-state index contributed by atoms with van der Waals surface area (Å²) in [6.07, 6.45) is 2.89. The number of carbonyl (C=O) groups is 2. The van der Waals surface area contributed by atoms with Crippen molar-refractivity contribution in [2.24, 2.45) is 0 Å². The van der Waals surface area contributed by atoms with Gasteiger partial charge in [0, 0.05) is 36.1 Å². The molecule has 19 heavy (non-hydrogen) atoms. The Morgan fingerprint density at radius 2 is 2.16 bits per heavy atom. The molecule has 1 aromatic heterocycles. The van der Waals surface area contributed by atoms with Gasteiger partial charge in [-0.15, -0.1) is 0 Å². The Morgan fingerprint density at radius 3 is 2.95 bits per heavy atom. The number of rotatable bonds is 2. The highest BCUT2D eigenvalue weighted by Crippen LogP contribution is 2.17. The van der Waals surface area contributed by atoms with E-state index < -0.39 is 0 Å². The van der Waals surface area contributed by atoms with Crippen molar-refractivity contribution < 1.29 is 9.59 Å².